The molecule has 2 aromatic rings. The first-order valence-electron chi connectivity index (χ1n) is 10.4. The van der Waals surface area contributed by atoms with E-state index in [4.69, 9.17) is 4.42 Å². The summed E-state index contributed by atoms with van der Waals surface area (Å²) in [6.07, 6.45) is 1.93. The predicted octanol–water partition coefficient (Wildman–Crippen LogP) is 4.18. The Hall–Kier alpha value is -1.86. The monoisotopic (exact) mass is 420 g/mol. The highest BCUT2D eigenvalue weighted by Gasteiger charge is 2.32. The third-order valence-electron chi connectivity index (χ3n) is 5.59. The van der Waals surface area contributed by atoms with E-state index >= 15 is 0 Å². The fraction of sp³-hybridized carbons (Fsp3) is 0.591. The molecule has 3 rings (SSSR count). The van der Waals surface area contributed by atoms with Crippen LogP contribution in [0.3, 0.4) is 0 Å². The summed E-state index contributed by atoms with van der Waals surface area (Å²) in [6.45, 7) is 11.8. The number of benzene rings is 1. The Labute approximate surface area is 173 Å². The number of rotatable bonds is 6. The van der Waals surface area contributed by atoms with Crippen LogP contribution in [0.2, 0.25) is 0 Å². The molecule has 1 saturated heterocycles. The van der Waals surface area contributed by atoms with Gasteiger partial charge in [0.25, 0.3) is 5.91 Å². The number of piperidine rings is 1. The molecule has 1 amide bonds. The number of aryl methyl sites for hydroxylation is 1. The van der Waals surface area contributed by atoms with Crippen LogP contribution in [0.25, 0.3) is 11.0 Å². The number of sulfonamides is 1. The lowest BCUT2D eigenvalue weighted by Gasteiger charge is -2.34. The number of fused-ring (bicyclic) bond motifs is 1. The minimum atomic E-state index is -3.58. The van der Waals surface area contributed by atoms with Gasteiger partial charge in [0, 0.05) is 30.6 Å². The van der Waals surface area contributed by atoms with Crippen LogP contribution in [0.4, 0.5) is 0 Å². The Balaban J connectivity index is 1.88. The van der Waals surface area contributed by atoms with Crippen LogP contribution < -0.4 is 5.32 Å². The molecule has 29 heavy (non-hydrogen) atoms. The molecule has 0 bridgehead atoms. The van der Waals surface area contributed by atoms with E-state index in [0.717, 1.165) is 12.8 Å². The van der Waals surface area contributed by atoms with Crippen LogP contribution in [0, 0.1) is 24.7 Å². The van der Waals surface area contributed by atoms with Crippen molar-refractivity contribution in [1.29, 1.82) is 0 Å². The second-order valence-corrected chi connectivity index (χ2v) is 10.9. The first-order valence-corrected chi connectivity index (χ1v) is 11.8. The van der Waals surface area contributed by atoms with Crippen molar-refractivity contribution in [1.82, 2.24) is 9.62 Å². The number of hydrogen-bond donors (Lipinski definition) is 1. The van der Waals surface area contributed by atoms with Gasteiger partial charge in [-0.3, -0.25) is 4.79 Å². The largest absolute Gasteiger partial charge is 0.451 e. The Morgan fingerprint density at radius 3 is 2.52 bits per heavy atom. The fourth-order valence-corrected chi connectivity index (χ4v) is 5.79. The maximum absolute atomic E-state index is 13.2. The maximum atomic E-state index is 13.2. The smallest absolute Gasteiger partial charge is 0.287 e. The zero-order valence-electron chi connectivity index (χ0n) is 18.0. The van der Waals surface area contributed by atoms with E-state index < -0.39 is 10.0 Å². The third-order valence-corrected chi connectivity index (χ3v) is 7.42. The Kier molecular flexibility index (Phi) is 6.39. The van der Waals surface area contributed by atoms with Crippen LogP contribution in [0.1, 0.15) is 56.7 Å². The van der Waals surface area contributed by atoms with Crippen molar-refractivity contribution in [3.8, 4) is 0 Å². The van der Waals surface area contributed by atoms with Crippen molar-refractivity contribution in [2.75, 3.05) is 19.6 Å². The molecule has 0 radical (unpaired) electrons. The van der Waals surface area contributed by atoms with Gasteiger partial charge in [0.05, 0.1) is 4.90 Å². The molecule has 2 atom stereocenters. The Bertz CT molecular complexity index is 984. The maximum Gasteiger partial charge on any atom is 0.287 e. The first kappa shape index (κ1) is 21.8. The van der Waals surface area contributed by atoms with E-state index in [1.165, 1.54) is 0 Å². The van der Waals surface area contributed by atoms with Crippen molar-refractivity contribution in [2.45, 2.75) is 52.4 Å². The average molecular weight is 421 g/mol. The lowest BCUT2D eigenvalue weighted by Crippen LogP contribution is -2.42. The van der Waals surface area contributed by atoms with Crippen LogP contribution in [0.5, 0.6) is 0 Å². The number of hydrogen-bond acceptors (Lipinski definition) is 4. The molecule has 1 fully saturated rings. The standard InChI is InChI=1S/C22H32N2O4S/c1-14(2)8-9-23-22(25)21-17(5)19-11-18(6-7-20(19)28-21)29(26,27)24-12-15(3)10-16(4)13-24/h6-7,11,14-16H,8-10,12-13H2,1-5H3,(H,23,25). The summed E-state index contributed by atoms with van der Waals surface area (Å²) >= 11 is 0. The molecule has 6 nitrogen and oxygen atoms in total. The number of nitrogens with one attached hydrogen (secondary N) is 1. The normalized spacial score (nSPS) is 21.0. The number of furan rings is 1. The SMILES string of the molecule is Cc1c(C(=O)NCCC(C)C)oc2ccc(S(=O)(=O)N3CC(C)CC(C)C3)cc12. The van der Waals surface area contributed by atoms with E-state index in [2.05, 4.69) is 33.0 Å². The zero-order chi connectivity index (χ0) is 21.3. The summed E-state index contributed by atoms with van der Waals surface area (Å²) in [6, 6.07) is 4.86. The first-order chi connectivity index (χ1) is 13.6. The van der Waals surface area contributed by atoms with Crippen LogP contribution in [-0.4, -0.2) is 38.3 Å². The molecule has 7 heteroatoms. The van der Waals surface area contributed by atoms with E-state index in [-0.39, 0.29) is 16.6 Å². The molecule has 2 heterocycles. The van der Waals surface area contributed by atoms with Gasteiger partial charge in [0.15, 0.2) is 5.76 Å². The van der Waals surface area contributed by atoms with E-state index in [1.54, 1.807) is 29.4 Å². The number of nitrogens with zero attached hydrogens (tertiary/aromatic N) is 1. The third kappa shape index (κ3) is 4.67. The van der Waals surface area contributed by atoms with Gasteiger partial charge in [-0.1, -0.05) is 27.7 Å². The molecule has 160 valence electrons. The molecular weight excluding hydrogens is 388 g/mol. The van der Waals surface area contributed by atoms with Gasteiger partial charge in [-0.15, -0.1) is 0 Å². The zero-order valence-corrected chi connectivity index (χ0v) is 18.8. The van der Waals surface area contributed by atoms with Crippen LogP contribution in [0.15, 0.2) is 27.5 Å². The summed E-state index contributed by atoms with van der Waals surface area (Å²) in [4.78, 5) is 12.7. The van der Waals surface area contributed by atoms with Gasteiger partial charge in [-0.25, -0.2) is 8.42 Å². The predicted molar refractivity (Wildman–Crippen MR) is 114 cm³/mol. The molecule has 0 spiro atoms. The average Bonchev–Trinajstić information content (AvgIpc) is 2.97. The van der Waals surface area contributed by atoms with Gasteiger partial charge in [0.2, 0.25) is 10.0 Å². The molecular formula is C22H32N2O4S. The number of amides is 1. The molecule has 0 saturated carbocycles. The number of carbonyl (C=O) groups is 1. The topological polar surface area (TPSA) is 79.6 Å². The van der Waals surface area contributed by atoms with Crippen LogP contribution in [-0.2, 0) is 10.0 Å². The van der Waals surface area contributed by atoms with Crippen molar-refractivity contribution in [2.24, 2.45) is 17.8 Å². The summed E-state index contributed by atoms with van der Waals surface area (Å²) in [5.41, 5.74) is 1.19. The Morgan fingerprint density at radius 1 is 1.24 bits per heavy atom. The molecule has 1 aromatic carbocycles. The Morgan fingerprint density at radius 2 is 1.90 bits per heavy atom. The summed E-state index contributed by atoms with van der Waals surface area (Å²) < 4.78 is 33.7. The number of carbonyl (C=O) groups excluding carboxylic acids is 1. The summed E-state index contributed by atoms with van der Waals surface area (Å²) in [5, 5.41) is 3.54. The van der Waals surface area contributed by atoms with E-state index in [0.29, 0.717) is 53.9 Å². The molecule has 0 aliphatic carbocycles. The van der Waals surface area contributed by atoms with Gasteiger partial charge in [-0.2, -0.15) is 4.31 Å². The highest BCUT2D eigenvalue weighted by molar-refractivity contribution is 7.89. The lowest BCUT2D eigenvalue weighted by atomic mass is 9.94. The van der Waals surface area contributed by atoms with Crippen molar-refractivity contribution >= 4 is 26.9 Å². The second-order valence-electron chi connectivity index (χ2n) is 8.92. The van der Waals surface area contributed by atoms with Gasteiger partial charge >= 0.3 is 0 Å². The van der Waals surface area contributed by atoms with Gasteiger partial charge < -0.3 is 9.73 Å². The molecule has 1 aliphatic heterocycles. The van der Waals surface area contributed by atoms with E-state index in [9.17, 15) is 13.2 Å². The van der Waals surface area contributed by atoms with Crippen molar-refractivity contribution < 1.29 is 17.6 Å². The van der Waals surface area contributed by atoms with Crippen LogP contribution >= 0.6 is 0 Å². The van der Waals surface area contributed by atoms with Gasteiger partial charge in [-0.05, 0) is 55.7 Å². The summed E-state index contributed by atoms with van der Waals surface area (Å²) in [5.74, 6) is 1.17. The fourth-order valence-electron chi connectivity index (χ4n) is 4.08. The quantitative estimate of drug-likeness (QED) is 0.760. The molecule has 1 aromatic heterocycles. The minimum Gasteiger partial charge on any atom is -0.451 e. The lowest BCUT2D eigenvalue weighted by molar-refractivity contribution is 0.0925. The van der Waals surface area contributed by atoms with Crippen molar-refractivity contribution in [3.63, 3.8) is 0 Å². The van der Waals surface area contributed by atoms with Gasteiger partial charge in [0.1, 0.15) is 5.58 Å². The summed E-state index contributed by atoms with van der Waals surface area (Å²) in [7, 11) is -3.58. The molecule has 1 aliphatic rings. The highest BCUT2D eigenvalue weighted by atomic mass is 32.2. The highest BCUT2D eigenvalue weighted by Crippen LogP contribution is 2.31. The second kappa shape index (κ2) is 8.48. The minimum absolute atomic E-state index is 0.249. The van der Waals surface area contributed by atoms with E-state index in [1.807, 2.05) is 0 Å². The molecule has 2 unspecified atom stereocenters. The van der Waals surface area contributed by atoms with Crippen molar-refractivity contribution in [3.05, 3.63) is 29.5 Å². The molecule has 1 N–H and O–H groups in total.